The molecular formula is C24H17ClFN7O2. The number of amides is 2. The Morgan fingerprint density at radius 2 is 1.80 bits per heavy atom. The SMILES string of the molecule is O=C(Cc1ccc(F)cc1)Nc1cccc2cc(C(=O)Nc3ccc(Cl)cc3-c3nnn[nH]3)[nH]c12. The van der Waals surface area contributed by atoms with Crippen LogP contribution < -0.4 is 10.6 Å². The Morgan fingerprint density at radius 3 is 2.57 bits per heavy atom. The Bertz CT molecular complexity index is 1530. The van der Waals surface area contributed by atoms with E-state index in [1.165, 1.54) is 12.1 Å². The molecule has 0 spiro atoms. The molecule has 0 bridgehead atoms. The van der Waals surface area contributed by atoms with Gasteiger partial charge in [-0.25, -0.2) is 9.49 Å². The van der Waals surface area contributed by atoms with Gasteiger partial charge in [0.25, 0.3) is 5.91 Å². The Labute approximate surface area is 202 Å². The van der Waals surface area contributed by atoms with Gasteiger partial charge in [0.05, 0.1) is 23.3 Å². The zero-order valence-corrected chi connectivity index (χ0v) is 18.7. The summed E-state index contributed by atoms with van der Waals surface area (Å²) in [4.78, 5) is 28.7. The molecule has 35 heavy (non-hydrogen) atoms. The second kappa shape index (κ2) is 9.35. The highest BCUT2D eigenvalue weighted by atomic mass is 35.5. The van der Waals surface area contributed by atoms with E-state index in [4.69, 9.17) is 11.6 Å². The molecule has 4 N–H and O–H groups in total. The fourth-order valence-corrected chi connectivity index (χ4v) is 3.82. The molecule has 11 heteroatoms. The largest absolute Gasteiger partial charge is 0.349 e. The summed E-state index contributed by atoms with van der Waals surface area (Å²) in [6.45, 7) is 0. The second-order valence-electron chi connectivity index (χ2n) is 7.70. The first-order valence-corrected chi connectivity index (χ1v) is 10.8. The fourth-order valence-electron chi connectivity index (χ4n) is 3.65. The van der Waals surface area contributed by atoms with Gasteiger partial charge in [0.2, 0.25) is 5.91 Å². The molecule has 2 amide bonds. The van der Waals surface area contributed by atoms with Crippen LogP contribution >= 0.6 is 11.6 Å². The average molecular weight is 490 g/mol. The Balaban J connectivity index is 1.37. The number of halogens is 2. The van der Waals surface area contributed by atoms with E-state index >= 15 is 0 Å². The van der Waals surface area contributed by atoms with Crippen LogP contribution in [0.25, 0.3) is 22.3 Å². The number of carbonyl (C=O) groups excluding carboxylic acids is 2. The molecule has 0 unspecified atom stereocenters. The predicted octanol–water partition coefficient (Wildman–Crippen LogP) is 4.57. The third kappa shape index (κ3) is 4.87. The van der Waals surface area contributed by atoms with Crippen LogP contribution in [0, 0.1) is 5.82 Å². The number of anilines is 2. The number of H-pyrrole nitrogens is 2. The van der Waals surface area contributed by atoms with E-state index < -0.39 is 5.91 Å². The number of aromatic nitrogens is 5. The topological polar surface area (TPSA) is 128 Å². The molecule has 0 atom stereocenters. The number of hydrogen-bond donors (Lipinski definition) is 4. The number of hydrogen-bond acceptors (Lipinski definition) is 5. The zero-order chi connectivity index (χ0) is 24.4. The van der Waals surface area contributed by atoms with Crippen molar-refractivity contribution < 1.29 is 14.0 Å². The number of carbonyl (C=O) groups is 2. The Hall–Kier alpha value is -4.57. The van der Waals surface area contributed by atoms with E-state index in [9.17, 15) is 14.0 Å². The van der Waals surface area contributed by atoms with E-state index in [1.807, 2.05) is 6.07 Å². The Morgan fingerprint density at radius 1 is 0.971 bits per heavy atom. The van der Waals surface area contributed by atoms with Gasteiger partial charge in [-0.3, -0.25) is 9.59 Å². The number of aromatic amines is 2. The van der Waals surface area contributed by atoms with E-state index in [0.717, 1.165) is 5.39 Å². The summed E-state index contributed by atoms with van der Waals surface area (Å²) in [6.07, 6.45) is 0.0839. The number of fused-ring (bicyclic) bond motifs is 1. The molecular weight excluding hydrogens is 473 g/mol. The van der Waals surface area contributed by atoms with E-state index in [2.05, 4.69) is 36.2 Å². The van der Waals surface area contributed by atoms with Crippen molar-refractivity contribution in [1.29, 1.82) is 0 Å². The lowest BCUT2D eigenvalue weighted by molar-refractivity contribution is -0.115. The first-order chi connectivity index (χ1) is 17.0. The highest BCUT2D eigenvalue weighted by molar-refractivity contribution is 6.31. The van der Waals surface area contributed by atoms with Gasteiger partial charge in [-0.15, -0.1) is 5.10 Å². The van der Waals surface area contributed by atoms with Crippen molar-refractivity contribution in [1.82, 2.24) is 25.6 Å². The molecule has 5 rings (SSSR count). The summed E-state index contributed by atoms with van der Waals surface area (Å²) in [6, 6.07) is 17.7. The van der Waals surface area contributed by atoms with Crippen LogP contribution in [0.15, 0.2) is 66.7 Å². The summed E-state index contributed by atoms with van der Waals surface area (Å²) < 4.78 is 13.1. The van der Waals surface area contributed by atoms with E-state index in [0.29, 0.717) is 38.9 Å². The zero-order valence-electron chi connectivity index (χ0n) is 18.0. The van der Waals surface area contributed by atoms with Crippen molar-refractivity contribution in [2.24, 2.45) is 0 Å². The normalized spacial score (nSPS) is 10.9. The maximum Gasteiger partial charge on any atom is 0.272 e. The minimum Gasteiger partial charge on any atom is -0.349 e. The van der Waals surface area contributed by atoms with Crippen LogP contribution in [0.4, 0.5) is 15.8 Å². The molecule has 2 heterocycles. The molecule has 0 aliphatic carbocycles. The predicted molar refractivity (Wildman–Crippen MR) is 130 cm³/mol. The minimum absolute atomic E-state index is 0.0839. The first-order valence-electron chi connectivity index (χ1n) is 10.5. The lowest BCUT2D eigenvalue weighted by Crippen LogP contribution is -2.15. The summed E-state index contributed by atoms with van der Waals surface area (Å²) in [5, 5.41) is 20.6. The average Bonchev–Trinajstić information content (AvgIpc) is 3.52. The van der Waals surface area contributed by atoms with Gasteiger partial charge >= 0.3 is 0 Å². The number of tetrazole rings is 1. The maximum atomic E-state index is 13.1. The van der Waals surface area contributed by atoms with Gasteiger partial charge < -0.3 is 15.6 Å². The van der Waals surface area contributed by atoms with Crippen LogP contribution in [-0.4, -0.2) is 37.4 Å². The standard InChI is InChI=1S/C24H17ClFN7O2/c25-15-6-9-18(17(12-15)23-30-32-33-31-23)29-24(35)20-11-14-2-1-3-19(22(14)28-20)27-21(34)10-13-4-7-16(26)8-5-13/h1-9,11-12,28H,10H2,(H,27,34)(H,29,35)(H,30,31,32,33). The van der Waals surface area contributed by atoms with Gasteiger partial charge in [-0.2, -0.15) is 0 Å². The van der Waals surface area contributed by atoms with Gasteiger partial charge in [0.1, 0.15) is 11.5 Å². The number of rotatable bonds is 6. The quantitative estimate of drug-likeness (QED) is 0.277. The van der Waals surface area contributed by atoms with E-state index in [1.54, 1.807) is 48.5 Å². The van der Waals surface area contributed by atoms with Crippen LogP contribution in [0.1, 0.15) is 16.1 Å². The van der Waals surface area contributed by atoms with Crippen LogP contribution in [0.5, 0.6) is 0 Å². The lowest BCUT2D eigenvalue weighted by atomic mass is 10.1. The Kier molecular flexibility index (Phi) is 5.94. The van der Waals surface area contributed by atoms with Crippen molar-refractivity contribution in [3.8, 4) is 11.4 Å². The number of para-hydroxylation sites is 1. The van der Waals surface area contributed by atoms with E-state index in [-0.39, 0.29) is 23.8 Å². The molecule has 5 aromatic rings. The molecule has 0 saturated heterocycles. The number of benzene rings is 3. The highest BCUT2D eigenvalue weighted by Gasteiger charge is 2.17. The van der Waals surface area contributed by atoms with Crippen LogP contribution in [-0.2, 0) is 11.2 Å². The van der Waals surface area contributed by atoms with Crippen LogP contribution in [0.2, 0.25) is 5.02 Å². The summed E-state index contributed by atoms with van der Waals surface area (Å²) >= 11 is 6.11. The van der Waals surface area contributed by atoms with Gasteiger partial charge in [0, 0.05) is 16.0 Å². The molecule has 0 radical (unpaired) electrons. The number of nitrogens with zero attached hydrogens (tertiary/aromatic N) is 3. The number of nitrogens with one attached hydrogen (secondary N) is 4. The third-order valence-corrected chi connectivity index (χ3v) is 5.52. The van der Waals surface area contributed by atoms with Gasteiger partial charge in [-0.05, 0) is 58.5 Å². The summed E-state index contributed by atoms with van der Waals surface area (Å²) in [5.74, 6) is -0.679. The fraction of sp³-hybridized carbons (Fsp3) is 0.0417. The second-order valence-corrected chi connectivity index (χ2v) is 8.13. The molecule has 0 aliphatic heterocycles. The smallest absolute Gasteiger partial charge is 0.272 e. The van der Waals surface area contributed by atoms with Crippen molar-refractivity contribution >= 4 is 45.7 Å². The highest BCUT2D eigenvalue weighted by Crippen LogP contribution is 2.29. The van der Waals surface area contributed by atoms with Crippen molar-refractivity contribution in [3.63, 3.8) is 0 Å². The van der Waals surface area contributed by atoms with Crippen molar-refractivity contribution in [2.45, 2.75) is 6.42 Å². The third-order valence-electron chi connectivity index (χ3n) is 5.28. The minimum atomic E-state index is -0.402. The maximum absolute atomic E-state index is 13.1. The van der Waals surface area contributed by atoms with Gasteiger partial charge in [-0.1, -0.05) is 35.9 Å². The van der Waals surface area contributed by atoms with Gasteiger partial charge in [0.15, 0.2) is 5.82 Å². The summed E-state index contributed by atoms with van der Waals surface area (Å²) in [5.41, 5.74) is 3.08. The van der Waals surface area contributed by atoms with Crippen molar-refractivity contribution in [2.75, 3.05) is 10.6 Å². The molecule has 3 aromatic carbocycles. The summed E-state index contributed by atoms with van der Waals surface area (Å²) in [7, 11) is 0. The van der Waals surface area contributed by atoms with Crippen molar-refractivity contribution in [3.05, 3.63) is 88.8 Å². The molecule has 0 aliphatic rings. The molecule has 174 valence electrons. The van der Waals surface area contributed by atoms with Crippen LogP contribution in [0.3, 0.4) is 0 Å². The lowest BCUT2D eigenvalue weighted by Gasteiger charge is -2.09. The molecule has 0 fully saturated rings. The molecule has 2 aromatic heterocycles. The molecule has 0 saturated carbocycles. The molecule has 9 nitrogen and oxygen atoms in total. The first kappa shape index (κ1) is 22.2. The monoisotopic (exact) mass is 489 g/mol.